The van der Waals surface area contributed by atoms with E-state index in [-0.39, 0.29) is 23.4 Å². The molecule has 5 rings (SSSR count). The molecule has 8 heteroatoms. The molecule has 3 aromatic rings. The predicted octanol–water partition coefficient (Wildman–Crippen LogP) is 3.74. The third-order valence-electron chi connectivity index (χ3n) is 6.82. The van der Waals surface area contributed by atoms with E-state index >= 15 is 0 Å². The van der Waals surface area contributed by atoms with Crippen LogP contribution in [0.2, 0.25) is 0 Å². The fourth-order valence-electron chi connectivity index (χ4n) is 4.86. The summed E-state index contributed by atoms with van der Waals surface area (Å²) in [5.74, 6) is -1.74. The van der Waals surface area contributed by atoms with Crippen LogP contribution in [0.25, 0.3) is 16.5 Å². The number of aliphatic hydroxyl groups excluding tert-OH is 1. The van der Waals surface area contributed by atoms with Gasteiger partial charge in [0.05, 0.1) is 31.9 Å². The number of Topliss-reactive ketones (excluding diaryl/α,β-unsaturated/α-hetero) is 1. The van der Waals surface area contributed by atoms with Crippen molar-refractivity contribution in [3.63, 3.8) is 0 Å². The molecule has 1 amide bonds. The first-order chi connectivity index (χ1) is 17.5. The monoisotopic (exact) mass is 490 g/mol. The number of hydrogen-bond acceptors (Lipinski definition) is 6. The molecule has 3 aromatic carbocycles. The Hall–Kier alpha value is -3.75. The summed E-state index contributed by atoms with van der Waals surface area (Å²) < 4.78 is 25.6. The number of aliphatic hydroxyl groups is 1. The van der Waals surface area contributed by atoms with E-state index < -0.39 is 23.5 Å². The topological polar surface area (TPSA) is 79.3 Å². The first-order valence-electron chi connectivity index (χ1n) is 11.9. The normalized spacial score (nSPS) is 20.3. The van der Waals surface area contributed by atoms with Crippen molar-refractivity contribution in [2.45, 2.75) is 6.04 Å². The van der Waals surface area contributed by atoms with Crippen molar-refractivity contribution in [1.29, 1.82) is 0 Å². The Labute approximate surface area is 208 Å². The van der Waals surface area contributed by atoms with Crippen molar-refractivity contribution in [2.24, 2.45) is 0 Å². The number of likely N-dealkylation sites (tertiary alicyclic amines) is 1. The third kappa shape index (κ3) is 4.45. The molecule has 36 heavy (non-hydrogen) atoms. The smallest absolute Gasteiger partial charge is 0.295 e. The van der Waals surface area contributed by atoms with Crippen LogP contribution in [-0.2, 0) is 14.3 Å². The minimum atomic E-state index is -1.03. The maximum Gasteiger partial charge on any atom is 0.295 e. The number of fused-ring (bicyclic) bond motifs is 1. The number of amides is 1. The van der Waals surface area contributed by atoms with Gasteiger partial charge >= 0.3 is 0 Å². The van der Waals surface area contributed by atoms with Gasteiger partial charge in [-0.2, -0.15) is 0 Å². The van der Waals surface area contributed by atoms with Crippen LogP contribution in [0, 0.1) is 5.82 Å². The van der Waals surface area contributed by atoms with E-state index in [1.165, 1.54) is 11.0 Å². The second-order valence-corrected chi connectivity index (χ2v) is 8.90. The van der Waals surface area contributed by atoms with Gasteiger partial charge in [0, 0.05) is 37.3 Å². The van der Waals surface area contributed by atoms with Gasteiger partial charge in [0.1, 0.15) is 17.3 Å². The molecule has 2 fully saturated rings. The zero-order valence-corrected chi connectivity index (χ0v) is 19.9. The number of carbonyl (C=O) groups is 2. The summed E-state index contributed by atoms with van der Waals surface area (Å²) in [6.45, 7) is 3.37. The van der Waals surface area contributed by atoms with Gasteiger partial charge in [-0.05, 0) is 35.0 Å². The van der Waals surface area contributed by atoms with Gasteiger partial charge in [0.2, 0.25) is 0 Å². The standard InChI is InChI=1S/C28H27FN2O5/c1-35-21-9-8-18-16-20(7-6-19(18)17-21)26(32)24-25(22-4-2-3-5-23(22)29)31(28(34)27(24)33)11-10-30-12-14-36-15-13-30/h2-9,16-17,25,32H,10-15H2,1H3/b26-24+. The molecular formula is C28H27FN2O5. The summed E-state index contributed by atoms with van der Waals surface area (Å²) in [7, 11) is 1.59. The molecule has 186 valence electrons. The molecule has 0 aliphatic carbocycles. The lowest BCUT2D eigenvalue weighted by Gasteiger charge is -2.31. The van der Waals surface area contributed by atoms with Gasteiger partial charge in [0.25, 0.3) is 11.7 Å². The molecule has 1 unspecified atom stereocenters. The minimum absolute atomic E-state index is 0.111. The molecule has 2 saturated heterocycles. The maximum absolute atomic E-state index is 15.0. The van der Waals surface area contributed by atoms with Gasteiger partial charge in [-0.15, -0.1) is 0 Å². The van der Waals surface area contributed by atoms with E-state index in [0.29, 0.717) is 31.1 Å². The van der Waals surface area contributed by atoms with Gasteiger partial charge in [-0.1, -0.05) is 36.4 Å². The number of ketones is 1. The van der Waals surface area contributed by atoms with Crippen LogP contribution < -0.4 is 4.74 Å². The second-order valence-electron chi connectivity index (χ2n) is 8.90. The number of ether oxygens (including phenoxy) is 2. The Balaban J connectivity index is 1.57. The highest BCUT2D eigenvalue weighted by atomic mass is 19.1. The number of morpholine rings is 1. The molecule has 0 aromatic heterocycles. The lowest BCUT2D eigenvalue weighted by Crippen LogP contribution is -2.42. The number of nitrogens with zero attached hydrogens (tertiary/aromatic N) is 2. The quantitative estimate of drug-likeness (QED) is 0.322. The summed E-state index contributed by atoms with van der Waals surface area (Å²) in [6, 6.07) is 15.8. The molecule has 0 saturated carbocycles. The summed E-state index contributed by atoms with van der Waals surface area (Å²) in [6.07, 6.45) is 0. The number of carbonyl (C=O) groups excluding carboxylic acids is 2. The Kier molecular flexibility index (Phi) is 6.71. The summed E-state index contributed by atoms with van der Waals surface area (Å²) in [5, 5.41) is 13.0. The van der Waals surface area contributed by atoms with Crippen LogP contribution >= 0.6 is 0 Å². The van der Waals surface area contributed by atoms with Crippen LogP contribution in [-0.4, -0.2) is 73.1 Å². The summed E-state index contributed by atoms with van der Waals surface area (Å²) in [5.41, 5.74) is 0.436. The van der Waals surface area contributed by atoms with E-state index in [0.717, 1.165) is 23.9 Å². The molecule has 1 N–H and O–H groups in total. The van der Waals surface area contributed by atoms with Crippen LogP contribution in [0.1, 0.15) is 17.2 Å². The number of hydrogen-bond donors (Lipinski definition) is 1. The Bertz CT molecular complexity index is 1350. The molecule has 1 atom stereocenters. The maximum atomic E-state index is 15.0. The highest BCUT2D eigenvalue weighted by molar-refractivity contribution is 6.46. The first-order valence-corrected chi connectivity index (χ1v) is 11.9. The average molecular weight is 491 g/mol. The lowest BCUT2D eigenvalue weighted by atomic mass is 9.94. The Morgan fingerprint density at radius 3 is 2.50 bits per heavy atom. The number of rotatable bonds is 6. The van der Waals surface area contributed by atoms with Crippen LogP contribution in [0.5, 0.6) is 5.75 Å². The van der Waals surface area contributed by atoms with E-state index in [9.17, 15) is 19.1 Å². The fourth-order valence-corrected chi connectivity index (χ4v) is 4.86. The Morgan fingerprint density at radius 2 is 1.75 bits per heavy atom. The largest absolute Gasteiger partial charge is 0.507 e. The minimum Gasteiger partial charge on any atom is -0.507 e. The lowest BCUT2D eigenvalue weighted by molar-refractivity contribution is -0.140. The third-order valence-corrected chi connectivity index (χ3v) is 6.82. The van der Waals surface area contributed by atoms with Crippen LogP contribution in [0.15, 0.2) is 66.2 Å². The number of halogens is 1. The number of methoxy groups -OCH3 is 1. The van der Waals surface area contributed by atoms with Crippen molar-refractivity contribution in [3.8, 4) is 5.75 Å². The summed E-state index contributed by atoms with van der Waals surface area (Å²) >= 11 is 0. The number of benzene rings is 3. The van der Waals surface area contributed by atoms with Gasteiger partial charge in [-0.25, -0.2) is 4.39 Å². The molecule has 0 spiro atoms. The average Bonchev–Trinajstić information content (AvgIpc) is 3.16. The van der Waals surface area contributed by atoms with Crippen molar-refractivity contribution in [1.82, 2.24) is 9.80 Å². The van der Waals surface area contributed by atoms with E-state index in [1.807, 2.05) is 12.1 Å². The molecule has 0 bridgehead atoms. The molecule has 0 radical (unpaired) electrons. The highest BCUT2D eigenvalue weighted by Gasteiger charge is 2.46. The first kappa shape index (κ1) is 24.0. The van der Waals surface area contributed by atoms with E-state index in [2.05, 4.69) is 4.90 Å². The van der Waals surface area contributed by atoms with E-state index in [4.69, 9.17) is 9.47 Å². The van der Waals surface area contributed by atoms with Crippen molar-refractivity contribution in [2.75, 3.05) is 46.5 Å². The predicted molar refractivity (Wildman–Crippen MR) is 133 cm³/mol. The zero-order chi connectivity index (χ0) is 25.2. The summed E-state index contributed by atoms with van der Waals surface area (Å²) in [4.78, 5) is 29.9. The zero-order valence-electron chi connectivity index (χ0n) is 19.9. The van der Waals surface area contributed by atoms with Crippen molar-refractivity contribution >= 4 is 28.2 Å². The fraction of sp³-hybridized carbons (Fsp3) is 0.286. The van der Waals surface area contributed by atoms with Crippen molar-refractivity contribution in [3.05, 3.63) is 83.2 Å². The van der Waals surface area contributed by atoms with E-state index in [1.54, 1.807) is 49.6 Å². The SMILES string of the molecule is COc1ccc2cc(/C(O)=C3\C(=O)C(=O)N(CCN4CCOCC4)C3c3ccccc3F)ccc2c1. The van der Waals surface area contributed by atoms with Crippen LogP contribution in [0.3, 0.4) is 0 Å². The molecular weight excluding hydrogens is 463 g/mol. The molecule has 2 heterocycles. The molecule has 2 aliphatic rings. The second kappa shape index (κ2) is 10.1. The molecule has 7 nitrogen and oxygen atoms in total. The van der Waals surface area contributed by atoms with Gasteiger partial charge in [-0.3, -0.25) is 14.5 Å². The Morgan fingerprint density at radius 1 is 1.03 bits per heavy atom. The van der Waals surface area contributed by atoms with Gasteiger partial charge in [0.15, 0.2) is 0 Å². The van der Waals surface area contributed by atoms with Crippen LogP contribution in [0.4, 0.5) is 4.39 Å². The van der Waals surface area contributed by atoms with Crippen molar-refractivity contribution < 1.29 is 28.6 Å². The molecule has 2 aliphatic heterocycles. The highest BCUT2D eigenvalue weighted by Crippen LogP contribution is 2.40. The van der Waals surface area contributed by atoms with Gasteiger partial charge < -0.3 is 19.5 Å².